The van der Waals surface area contributed by atoms with Crippen LogP contribution in [0.4, 0.5) is 4.39 Å². The number of rotatable bonds is 20. The number of esters is 1. The summed E-state index contributed by atoms with van der Waals surface area (Å²) in [5, 5.41) is 4.45. The first-order valence-electron chi connectivity index (χ1n) is 23.2. The highest BCUT2D eigenvalue weighted by Crippen LogP contribution is 2.49. The summed E-state index contributed by atoms with van der Waals surface area (Å²) in [7, 11) is 1.61. The molecule has 7 aromatic rings. The number of ether oxygens (including phenoxy) is 4. The van der Waals surface area contributed by atoms with Gasteiger partial charge in [-0.1, -0.05) is 54.1 Å². The normalized spacial score (nSPS) is 14.7. The van der Waals surface area contributed by atoms with Gasteiger partial charge in [0.15, 0.2) is 12.1 Å². The standard InChI is InChI=1S/C53H53ClFN7O6S/c1-4-66-53(64)45(68-51-47-46(41-17-12-36(30-63)48(54)33(41)2)49(69-52(47)59-32-58-51)35-10-13-38(55)14-11-35)28-37-27-34(29-56-21-22-61-23-25-62(26-24-61)40-15-16-40)9-18-43(37)67-31-39-19-20-57-50(60-39)42-7-5-6-8-44(42)65-3/h5-14,17-20,27,30,32,40,45,56H,4,15-16,21-26,28-29,31H2,1-3H3/t45-/m1/s1. The van der Waals surface area contributed by atoms with Crippen LogP contribution in [0.3, 0.4) is 0 Å². The molecular formula is C53H53ClFN7O6S. The Hall–Kier alpha value is -6.36. The van der Waals surface area contributed by atoms with Gasteiger partial charge < -0.3 is 24.3 Å². The number of aldehydes is 1. The molecule has 1 saturated carbocycles. The molecule has 2 fully saturated rings. The van der Waals surface area contributed by atoms with Crippen molar-refractivity contribution < 1.29 is 32.9 Å². The summed E-state index contributed by atoms with van der Waals surface area (Å²) in [6.07, 6.45) is 5.32. The number of methoxy groups -OCH3 is 1. The lowest BCUT2D eigenvalue weighted by Gasteiger charge is -2.34. The van der Waals surface area contributed by atoms with E-state index in [2.05, 4.69) is 30.1 Å². The second-order valence-corrected chi connectivity index (χ2v) is 18.5. The first kappa shape index (κ1) is 47.7. The lowest BCUT2D eigenvalue weighted by molar-refractivity contribution is -0.151. The van der Waals surface area contributed by atoms with Crippen LogP contribution in [0.25, 0.3) is 43.2 Å². The van der Waals surface area contributed by atoms with Gasteiger partial charge in [-0.15, -0.1) is 11.3 Å². The first-order chi connectivity index (χ1) is 33.7. The van der Waals surface area contributed by atoms with Crippen molar-refractivity contribution >= 4 is 45.4 Å². The Bertz CT molecular complexity index is 2940. The van der Waals surface area contributed by atoms with Gasteiger partial charge in [0.2, 0.25) is 12.0 Å². The minimum Gasteiger partial charge on any atom is -0.496 e. The molecule has 0 unspecified atom stereocenters. The van der Waals surface area contributed by atoms with E-state index in [9.17, 15) is 14.0 Å². The van der Waals surface area contributed by atoms with Gasteiger partial charge in [-0.05, 0) is 97.0 Å². The molecule has 356 valence electrons. The molecule has 1 aliphatic heterocycles. The number of halogens is 2. The number of nitrogens with one attached hydrogen (secondary N) is 1. The maximum absolute atomic E-state index is 14.3. The van der Waals surface area contributed by atoms with E-state index in [1.54, 1.807) is 44.5 Å². The van der Waals surface area contributed by atoms with Crippen molar-refractivity contribution in [2.45, 2.75) is 58.4 Å². The third-order valence-electron chi connectivity index (χ3n) is 12.5. The number of fused-ring (bicyclic) bond motifs is 1. The number of thiophene rings is 1. The summed E-state index contributed by atoms with van der Waals surface area (Å²) in [5.41, 5.74) is 6.15. The van der Waals surface area contributed by atoms with Crippen molar-refractivity contribution in [2.24, 2.45) is 0 Å². The summed E-state index contributed by atoms with van der Waals surface area (Å²) in [6, 6.07) is 25.8. The zero-order chi connectivity index (χ0) is 47.9. The van der Waals surface area contributed by atoms with E-state index in [-0.39, 0.29) is 31.3 Å². The van der Waals surface area contributed by atoms with Gasteiger partial charge in [0.1, 0.15) is 35.1 Å². The fraction of sp³-hybridized carbons (Fsp3) is 0.321. The van der Waals surface area contributed by atoms with Gasteiger partial charge in [-0.2, -0.15) is 0 Å². The SMILES string of the molecule is CCOC(=O)[C@@H](Cc1cc(CNCCN2CCN(C3CC3)CC2)ccc1OCc1ccnc(-c2ccccc2OC)n1)Oc1ncnc2sc(-c3ccc(F)cc3)c(-c3ccc(C=O)c(Cl)c3C)c12. The average Bonchev–Trinajstić information content (AvgIpc) is 4.16. The topological polar surface area (TPSA) is 141 Å². The Kier molecular flexibility index (Phi) is 15.2. The average molecular weight is 971 g/mol. The van der Waals surface area contributed by atoms with Gasteiger partial charge in [0.05, 0.1) is 35.4 Å². The minimum absolute atomic E-state index is 0.0538. The third kappa shape index (κ3) is 11.1. The smallest absolute Gasteiger partial charge is 0.347 e. The highest BCUT2D eigenvalue weighted by molar-refractivity contribution is 7.22. The molecule has 13 nitrogen and oxygen atoms in total. The van der Waals surface area contributed by atoms with Gasteiger partial charge in [-0.3, -0.25) is 14.6 Å². The van der Waals surface area contributed by atoms with Gasteiger partial charge in [0.25, 0.3) is 0 Å². The van der Waals surface area contributed by atoms with Crippen molar-refractivity contribution in [3.8, 4) is 50.3 Å². The molecule has 1 saturated heterocycles. The predicted octanol–water partition coefficient (Wildman–Crippen LogP) is 9.41. The van der Waals surface area contributed by atoms with E-state index in [1.807, 2.05) is 55.5 Å². The fourth-order valence-corrected chi connectivity index (χ4v) is 10.1. The molecule has 1 atom stereocenters. The zero-order valence-electron chi connectivity index (χ0n) is 38.8. The van der Waals surface area contributed by atoms with Crippen molar-refractivity contribution in [1.82, 2.24) is 35.1 Å². The number of hydrogen-bond donors (Lipinski definition) is 1. The maximum atomic E-state index is 14.3. The molecule has 0 radical (unpaired) electrons. The van der Waals surface area contributed by atoms with Crippen LogP contribution in [0, 0.1) is 12.7 Å². The summed E-state index contributed by atoms with van der Waals surface area (Å²) in [4.78, 5) is 51.1. The second-order valence-electron chi connectivity index (χ2n) is 17.1. The first-order valence-corrected chi connectivity index (χ1v) is 24.4. The van der Waals surface area contributed by atoms with Gasteiger partial charge in [0, 0.05) is 80.5 Å². The largest absolute Gasteiger partial charge is 0.496 e. The lowest BCUT2D eigenvalue weighted by atomic mass is 9.95. The number of hydrogen-bond acceptors (Lipinski definition) is 14. The van der Waals surface area contributed by atoms with E-state index in [1.165, 1.54) is 42.6 Å². The fourth-order valence-electron chi connectivity index (χ4n) is 8.76. The number of nitrogens with zero attached hydrogens (tertiary/aromatic N) is 6. The molecule has 1 N–H and O–H groups in total. The van der Waals surface area contributed by atoms with E-state index >= 15 is 0 Å². The van der Waals surface area contributed by atoms with Crippen molar-refractivity contribution in [3.05, 3.63) is 136 Å². The molecule has 69 heavy (non-hydrogen) atoms. The molecule has 4 heterocycles. The van der Waals surface area contributed by atoms with Crippen molar-refractivity contribution in [3.63, 3.8) is 0 Å². The third-order valence-corrected chi connectivity index (χ3v) is 14.2. The van der Waals surface area contributed by atoms with Crippen LogP contribution in [-0.2, 0) is 29.1 Å². The molecule has 4 aromatic carbocycles. The number of aromatic nitrogens is 4. The molecule has 2 aliphatic rings. The number of piperazine rings is 1. The quantitative estimate of drug-likeness (QED) is 0.0441. The molecule has 16 heteroatoms. The molecule has 3 aromatic heterocycles. The van der Waals surface area contributed by atoms with E-state index in [0.717, 1.165) is 66.9 Å². The van der Waals surface area contributed by atoms with E-state index in [4.69, 9.17) is 35.5 Å². The van der Waals surface area contributed by atoms with E-state index in [0.29, 0.717) is 78.9 Å². The number of carbonyl (C=O) groups is 2. The Morgan fingerprint density at radius 3 is 2.55 bits per heavy atom. The summed E-state index contributed by atoms with van der Waals surface area (Å²) in [5.74, 6) is 0.844. The molecule has 0 spiro atoms. The van der Waals surface area contributed by atoms with Crippen LogP contribution in [0.15, 0.2) is 97.5 Å². The van der Waals surface area contributed by atoms with Crippen LogP contribution in [-0.4, -0.2) is 107 Å². The predicted molar refractivity (Wildman–Crippen MR) is 266 cm³/mol. The number of benzene rings is 4. The van der Waals surface area contributed by atoms with Crippen LogP contribution in [0.5, 0.6) is 17.4 Å². The highest BCUT2D eigenvalue weighted by atomic mass is 35.5. The zero-order valence-corrected chi connectivity index (χ0v) is 40.3. The van der Waals surface area contributed by atoms with Crippen LogP contribution in [0.2, 0.25) is 5.02 Å². The maximum Gasteiger partial charge on any atom is 0.347 e. The molecular weight excluding hydrogens is 917 g/mol. The van der Waals surface area contributed by atoms with E-state index < -0.39 is 12.1 Å². The van der Waals surface area contributed by atoms with Crippen molar-refractivity contribution in [2.75, 3.05) is 53.0 Å². The van der Waals surface area contributed by atoms with Gasteiger partial charge in [-0.25, -0.2) is 29.1 Å². The Balaban J connectivity index is 1.04. The molecule has 0 bridgehead atoms. The van der Waals surface area contributed by atoms with Crippen LogP contribution < -0.4 is 19.5 Å². The summed E-state index contributed by atoms with van der Waals surface area (Å²) < 4.78 is 38.8. The van der Waals surface area contributed by atoms with Crippen LogP contribution >= 0.6 is 22.9 Å². The Morgan fingerprint density at radius 2 is 1.78 bits per heavy atom. The summed E-state index contributed by atoms with van der Waals surface area (Å²) in [6.45, 7) is 10.6. The monoisotopic (exact) mass is 969 g/mol. The molecule has 1 aliphatic carbocycles. The molecule has 0 amide bonds. The number of carbonyl (C=O) groups excluding carboxylic acids is 2. The summed E-state index contributed by atoms with van der Waals surface area (Å²) >= 11 is 8.14. The van der Waals surface area contributed by atoms with Crippen molar-refractivity contribution in [1.29, 1.82) is 0 Å². The number of para-hydroxylation sites is 1. The Morgan fingerprint density at radius 1 is 0.971 bits per heavy atom. The second kappa shape index (κ2) is 21.9. The highest BCUT2D eigenvalue weighted by Gasteiger charge is 2.32. The lowest BCUT2D eigenvalue weighted by Crippen LogP contribution is -2.48. The molecule has 9 rings (SSSR count). The van der Waals surface area contributed by atoms with Gasteiger partial charge >= 0.3 is 5.97 Å². The van der Waals surface area contributed by atoms with Crippen LogP contribution in [0.1, 0.15) is 52.5 Å². The minimum atomic E-state index is -1.19. The Labute approximate surface area is 409 Å².